The summed E-state index contributed by atoms with van der Waals surface area (Å²) in [5.41, 5.74) is 0.884. The van der Waals surface area contributed by atoms with Crippen molar-refractivity contribution in [2.75, 3.05) is 6.61 Å². The van der Waals surface area contributed by atoms with E-state index >= 15 is 0 Å². The fourth-order valence-electron chi connectivity index (χ4n) is 2.92. The van der Waals surface area contributed by atoms with E-state index in [0.717, 1.165) is 17.7 Å². The molecule has 0 fully saturated rings. The number of aromatic nitrogens is 2. The third-order valence-electron chi connectivity index (χ3n) is 3.87. The monoisotopic (exact) mass is 329 g/mol. The van der Waals surface area contributed by atoms with Gasteiger partial charge in [0.2, 0.25) is 0 Å². The molecule has 1 N–H and O–H groups in total. The lowest BCUT2D eigenvalue weighted by Crippen LogP contribution is -2.38. The van der Waals surface area contributed by atoms with E-state index in [1.807, 2.05) is 49.7 Å². The van der Waals surface area contributed by atoms with Crippen LogP contribution < -0.4 is 14.8 Å². The number of amides is 1. The van der Waals surface area contributed by atoms with Crippen LogP contribution in [0.15, 0.2) is 36.9 Å². The highest BCUT2D eigenvalue weighted by molar-refractivity contribution is 5.77. The van der Waals surface area contributed by atoms with Crippen LogP contribution in [0, 0.1) is 0 Å². The SMILES string of the molecule is CC(Cn1ccnc1)NC(=O)COc1cccc2c1OC(C)(C)C2. The van der Waals surface area contributed by atoms with Gasteiger partial charge in [-0.05, 0) is 26.8 Å². The molecular weight excluding hydrogens is 306 g/mol. The summed E-state index contributed by atoms with van der Waals surface area (Å²) in [7, 11) is 0. The summed E-state index contributed by atoms with van der Waals surface area (Å²) >= 11 is 0. The van der Waals surface area contributed by atoms with Crippen LogP contribution in [-0.2, 0) is 17.8 Å². The van der Waals surface area contributed by atoms with E-state index in [1.54, 1.807) is 12.5 Å². The van der Waals surface area contributed by atoms with E-state index in [9.17, 15) is 4.79 Å². The van der Waals surface area contributed by atoms with E-state index in [1.165, 1.54) is 0 Å². The minimum atomic E-state index is -0.233. The first-order valence-electron chi connectivity index (χ1n) is 8.12. The minimum Gasteiger partial charge on any atom is -0.483 e. The molecule has 128 valence electrons. The summed E-state index contributed by atoms with van der Waals surface area (Å²) < 4.78 is 13.5. The second-order valence-corrected chi connectivity index (χ2v) is 6.80. The van der Waals surface area contributed by atoms with E-state index in [-0.39, 0.29) is 24.2 Å². The van der Waals surface area contributed by atoms with E-state index in [4.69, 9.17) is 9.47 Å². The Morgan fingerprint density at radius 2 is 2.33 bits per heavy atom. The average molecular weight is 329 g/mol. The maximum absolute atomic E-state index is 12.1. The van der Waals surface area contributed by atoms with Crippen molar-refractivity contribution < 1.29 is 14.3 Å². The van der Waals surface area contributed by atoms with Gasteiger partial charge in [-0.25, -0.2) is 4.98 Å². The molecule has 1 atom stereocenters. The summed E-state index contributed by atoms with van der Waals surface area (Å²) in [6, 6.07) is 5.79. The Balaban J connectivity index is 1.53. The molecule has 3 rings (SSSR count). The highest BCUT2D eigenvalue weighted by atomic mass is 16.5. The number of carbonyl (C=O) groups is 1. The zero-order valence-electron chi connectivity index (χ0n) is 14.3. The highest BCUT2D eigenvalue weighted by Crippen LogP contribution is 2.41. The Morgan fingerprint density at radius 3 is 3.08 bits per heavy atom. The molecule has 1 aliphatic heterocycles. The highest BCUT2D eigenvalue weighted by Gasteiger charge is 2.32. The lowest BCUT2D eigenvalue weighted by atomic mass is 10.0. The fourth-order valence-corrected chi connectivity index (χ4v) is 2.92. The molecule has 1 amide bonds. The summed E-state index contributed by atoms with van der Waals surface area (Å²) in [4.78, 5) is 16.1. The minimum absolute atomic E-state index is 0.00743. The van der Waals surface area contributed by atoms with Gasteiger partial charge in [0.1, 0.15) is 5.60 Å². The van der Waals surface area contributed by atoms with Crippen LogP contribution in [0.2, 0.25) is 0 Å². The largest absolute Gasteiger partial charge is 0.483 e. The van der Waals surface area contributed by atoms with Crippen LogP contribution >= 0.6 is 0 Å². The van der Waals surface area contributed by atoms with Crippen LogP contribution in [0.1, 0.15) is 26.3 Å². The lowest BCUT2D eigenvalue weighted by Gasteiger charge is -2.18. The molecule has 2 heterocycles. The first-order chi connectivity index (χ1) is 11.4. The van der Waals surface area contributed by atoms with Crippen LogP contribution in [0.25, 0.3) is 0 Å². The molecule has 2 aromatic rings. The van der Waals surface area contributed by atoms with Crippen molar-refractivity contribution in [1.82, 2.24) is 14.9 Å². The van der Waals surface area contributed by atoms with Crippen molar-refractivity contribution in [3.63, 3.8) is 0 Å². The number of imidazole rings is 1. The molecule has 0 bridgehead atoms. The molecule has 0 spiro atoms. The molecule has 0 saturated carbocycles. The van der Waals surface area contributed by atoms with Gasteiger partial charge in [-0.3, -0.25) is 4.79 Å². The van der Waals surface area contributed by atoms with Crippen LogP contribution in [0.3, 0.4) is 0 Å². The number of rotatable bonds is 6. The normalized spacial score (nSPS) is 16.1. The number of ether oxygens (including phenoxy) is 2. The maximum atomic E-state index is 12.1. The van der Waals surface area contributed by atoms with Gasteiger partial charge in [0.15, 0.2) is 18.1 Å². The van der Waals surface area contributed by atoms with Crippen LogP contribution in [0.4, 0.5) is 0 Å². The molecular formula is C18H23N3O3. The molecule has 0 radical (unpaired) electrons. The predicted molar refractivity (Wildman–Crippen MR) is 90.2 cm³/mol. The van der Waals surface area contributed by atoms with Gasteiger partial charge >= 0.3 is 0 Å². The van der Waals surface area contributed by atoms with E-state index in [0.29, 0.717) is 12.3 Å². The van der Waals surface area contributed by atoms with Crippen LogP contribution in [0.5, 0.6) is 11.5 Å². The number of para-hydroxylation sites is 1. The summed E-state index contributed by atoms with van der Waals surface area (Å²) in [5.74, 6) is 1.22. The number of hydrogen-bond donors (Lipinski definition) is 1. The molecule has 1 unspecified atom stereocenters. The van der Waals surface area contributed by atoms with Crippen LogP contribution in [-0.4, -0.2) is 33.7 Å². The fraction of sp³-hybridized carbons (Fsp3) is 0.444. The first-order valence-corrected chi connectivity index (χ1v) is 8.12. The van der Waals surface area contributed by atoms with E-state index in [2.05, 4.69) is 10.3 Å². The van der Waals surface area contributed by atoms with Crippen molar-refractivity contribution >= 4 is 5.91 Å². The molecule has 6 nitrogen and oxygen atoms in total. The second-order valence-electron chi connectivity index (χ2n) is 6.80. The Bertz CT molecular complexity index is 710. The predicted octanol–water partition coefficient (Wildman–Crippen LogP) is 2.18. The quantitative estimate of drug-likeness (QED) is 0.882. The van der Waals surface area contributed by atoms with Gasteiger partial charge in [0.25, 0.3) is 5.91 Å². The number of hydrogen-bond acceptors (Lipinski definition) is 4. The van der Waals surface area contributed by atoms with Gasteiger partial charge in [-0.15, -0.1) is 0 Å². The molecule has 24 heavy (non-hydrogen) atoms. The van der Waals surface area contributed by atoms with Crippen molar-refractivity contribution in [3.05, 3.63) is 42.5 Å². The Hall–Kier alpha value is -2.50. The second kappa shape index (κ2) is 6.55. The third-order valence-corrected chi connectivity index (χ3v) is 3.87. The van der Waals surface area contributed by atoms with Crippen molar-refractivity contribution in [2.24, 2.45) is 0 Å². The zero-order chi connectivity index (χ0) is 17.2. The summed E-state index contributed by atoms with van der Waals surface area (Å²) in [5, 5.41) is 2.92. The topological polar surface area (TPSA) is 65.4 Å². The summed E-state index contributed by atoms with van der Waals surface area (Å²) in [6.07, 6.45) is 6.15. The standard InChI is InChI=1S/C18H23N3O3/c1-13(10-21-8-7-19-12-21)20-16(22)11-23-15-6-4-5-14-9-18(2,3)24-17(14)15/h4-8,12-13H,9-11H2,1-3H3,(H,20,22). The Morgan fingerprint density at radius 1 is 1.50 bits per heavy atom. The number of carbonyl (C=O) groups excluding carboxylic acids is 1. The number of nitrogens with zero attached hydrogens (tertiary/aromatic N) is 2. The molecule has 1 aliphatic rings. The van der Waals surface area contributed by atoms with Crippen molar-refractivity contribution in [2.45, 2.75) is 45.4 Å². The lowest BCUT2D eigenvalue weighted by molar-refractivity contribution is -0.123. The van der Waals surface area contributed by atoms with Gasteiger partial charge in [0, 0.05) is 37.0 Å². The number of fused-ring (bicyclic) bond motifs is 1. The van der Waals surface area contributed by atoms with E-state index < -0.39 is 0 Å². The zero-order valence-corrected chi connectivity index (χ0v) is 14.3. The van der Waals surface area contributed by atoms with Gasteiger partial charge < -0.3 is 19.4 Å². The Labute approximate surface area is 141 Å². The van der Waals surface area contributed by atoms with Gasteiger partial charge in [-0.1, -0.05) is 12.1 Å². The molecule has 1 aromatic heterocycles. The van der Waals surface area contributed by atoms with Gasteiger partial charge in [-0.2, -0.15) is 0 Å². The molecule has 0 saturated heterocycles. The Kier molecular flexibility index (Phi) is 4.46. The summed E-state index contributed by atoms with van der Waals surface area (Å²) in [6.45, 7) is 6.67. The molecule has 6 heteroatoms. The molecule has 1 aromatic carbocycles. The average Bonchev–Trinajstić information content (AvgIpc) is 3.10. The van der Waals surface area contributed by atoms with Gasteiger partial charge in [0.05, 0.1) is 6.33 Å². The number of nitrogens with one attached hydrogen (secondary N) is 1. The van der Waals surface area contributed by atoms with Crippen molar-refractivity contribution in [3.8, 4) is 11.5 Å². The van der Waals surface area contributed by atoms with Crippen molar-refractivity contribution in [1.29, 1.82) is 0 Å². The molecule has 0 aliphatic carbocycles. The third kappa shape index (κ3) is 3.88. The first kappa shape index (κ1) is 16.4. The smallest absolute Gasteiger partial charge is 0.258 e. The number of benzene rings is 1. The maximum Gasteiger partial charge on any atom is 0.258 e.